The monoisotopic (exact) mass is 341 g/mol. The van der Waals surface area contributed by atoms with Gasteiger partial charge in [-0.3, -0.25) is 4.40 Å². The zero-order valence-corrected chi connectivity index (χ0v) is 14.1. The normalized spacial score (nSPS) is 13.0. The molecule has 4 rings (SSSR count). The third kappa shape index (κ3) is 2.63. The van der Waals surface area contributed by atoms with Crippen molar-refractivity contribution in [1.82, 2.24) is 14.6 Å². The topological polar surface area (TPSA) is 50.4 Å². The van der Waals surface area contributed by atoms with E-state index in [1.165, 1.54) is 16.5 Å². The molecule has 0 saturated heterocycles. The minimum atomic E-state index is -0.515. The summed E-state index contributed by atoms with van der Waals surface area (Å²) in [5.74, 6) is 0.551. The summed E-state index contributed by atoms with van der Waals surface area (Å²) in [6.07, 6.45) is -0.515. The first-order valence-corrected chi connectivity index (χ1v) is 9.13. The van der Waals surface area contributed by atoms with Gasteiger partial charge in [0.1, 0.15) is 0 Å². The molecule has 2 aromatic carbocycles. The van der Waals surface area contributed by atoms with E-state index in [4.69, 9.17) is 0 Å². The first-order valence-electron chi connectivity index (χ1n) is 7.33. The highest BCUT2D eigenvalue weighted by atomic mass is 32.2. The van der Waals surface area contributed by atoms with Crippen molar-refractivity contribution >= 4 is 38.3 Å². The molecule has 0 aliphatic carbocycles. The standard InChI is InChI=1S/C17H15N3OS2/c1-11-6-2-3-7-12(11)14(21)10-22-16-18-19-17-20(16)13-8-4-5-9-15(13)23-17/h2-9,14,21H,10H2,1H3/t14-/m0/s1. The van der Waals surface area contributed by atoms with Crippen molar-refractivity contribution < 1.29 is 5.11 Å². The second-order valence-corrected chi connectivity index (χ2v) is 7.35. The van der Waals surface area contributed by atoms with E-state index < -0.39 is 6.10 Å². The Balaban J connectivity index is 1.62. The Morgan fingerprint density at radius 1 is 1.13 bits per heavy atom. The molecule has 0 amide bonds. The maximum atomic E-state index is 10.5. The number of hydrogen-bond acceptors (Lipinski definition) is 5. The van der Waals surface area contributed by atoms with Gasteiger partial charge in [-0.2, -0.15) is 0 Å². The Morgan fingerprint density at radius 2 is 1.91 bits per heavy atom. The van der Waals surface area contributed by atoms with Gasteiger partial charge in [0.2, 0.25) is 4.96 Å². The van der Waals surface area contributed by atoms with Gasteiger partial charge >= 0.3 is 0 Å². The van der Waals surface area contributed by atoms with E-state index in [1.54, 1.807) is 11.3 Å². The number of aliphatic hydroxyl groups excluding tert-OH is 1. The Labute approximate surface area is 141 Å². The predicted octanol–water partition coefficient (Wildman–Crippen LogP) is 4.08. The van der Waals surface area contributed by atoms with Gasteiger partial charge in [-0.15, -0.1) is 10.2 Å². The number of aliphatic hydroxyl groups is 1. The third-order valence-corrected chi connectivity index (χ3v) is 5.85. The van der Waals surface area contributed by atoms with Gasteiger partial charge in [0.25, 0.3) is 0 Å². The van der Waals surface area contributed by atoms with Crippen molar-refractivity contribution in [3.8, 4) is 0 Å². The molecule has 0 aliphatic rings. The number of benzene rings is 2. The van der Waals surface area contributed by atoms with E-state index in [2.05, 4.69) is 26.7 Å². The fraction of sp³-hybridized carbons (Fsp3) is 0.176. The first-order chi connectivity index (χ1) is 11.2. The molecule has 4 aromatic rings. The minimum Gasteiger partial charge on any atom is -0.388 e. The van der Waals surface area contributed by atoms with Crippen LogP contribution in [0.4, 0.5) is 0 Å². The van der Waals surface area contributed by atoms with E-state index in [-0.39, 0.29) is 0 Å². The molecular formula is C17H15N3OS2. The van der Waals surface area contributed by atoms with Crippen molar-refractivity contribution in [2.24, 2.45) is 0 Å². The third-order valence-electron chi connectivity index (χ3n) is 3.83. The zero-order chi connectivity index (χ0) is 15.8. The lowest BCUT2D eigenvalue weighted by molar-refractivity contribution is 0.203. The maximum Gasteiger partial charge on any atom is 0.217 e. The van der Waals surface area contributed by atoms with Crippen molar-refractivity contribution in [3.05, 3.63) is 59.7 Å². The number of thiazole rings is 1. The number of aryl methyl sites for hydroxylation is 1. The van der Waals surface area contributed by atoms with Crippen LogP contribution in [0.1, 0.15) is 17.2 Å². The average Bonchev–Trinajstić information content (AvgIpc) is 3.12. The van der Waals surface area contributed by atoms with Crippen molar-refractivity contribution in [3.63, 3.8) is 0 Å². The van der Waals surface area contributed by atoms with E-state index in [1.807, 2.05) is 43.3 Å². The molecule has 0 spiro atoms. The van der Waals surface area contributed by atoms with Crippen molar-refractivity contribution in [2.75, 3.05) is 5.75 Å². The highest BCUT2D eigenvalue weighted by molar-refractivity contribution is 7.99. The Kier molecular flexibility index (Phi) is 3.80. The molecule has 0 bridgehead atoms. The van der Waals surface area contributed by atoms with Crippen LogP contribution in [0, 0.1) is 6.92 Å². The highest BCUT2D eigenvalue weighted by Gasteiger charge is 2.15. The van der Waals surface area contributed by atoms with Crippen molar-refractivity contribution in [1.29, 1.82) is 0 Å². The molecule has 0 aliphatic heterocycles. The number of nitrogens with zero attached hydrogens (tertiary/aromatic N) is 3. The fourth-order valence-corrected chi connectivity index (χ4v) is 4.57. The van der Waals surface area contributed by atoms with Gasteiger partial charge in [-0.25, -0.2) is 0 Å². The lowest BCUT2D eigenvalue weighted by Gasteiger charge is -2.12. The molecule has 1 N–H and O–H groups in total. The maximum absolute atomic E-state index is 10.5. The quantitative estimate of drug-likeness (QED) is 0.568. The number of para-hydroxylation sites is 1. The minimum absolute atomic E-state index is 0.515. The smallest absolute Gasteiger partial charge is 0.217 e. The number of aromatic nitrogens is 3. The van der Waals surface area contributed by atoms with E-state index >= 15 is 0 Å². The van der Waals surface area contributed by atoms with Crippen LogP contribution in [0.25, 0.3) is 15.2 Å². The SMILES string of the molecule is Cc1ccccc1[C@@H](O)CSc1nnc2sc3ccccc3n12. The molecule has 0 fully saturated rings. The van der Waals surface area contributed by atoms with Crippen LogP contribution in [0.3, 0.4) is 0 Å². The number of hydrogen-bond donors (Lipinski definition) is 1. The summed E-state index contributed by atoms with van der Waals surface area (Å²) >= 11 is 3.16. The molecule has 1 atom stereocenters. The molecule has 0 radical (unpaired) electrons. The molecule has 0 unspecified atom stereocenters. The lowest BCUT2D eigenvalue weighted by Crippen LogP contribution is -2.03. The first kappa shape index (κ1) is 14.7. The summed E-state index contributed by atoms with van der Waals surface area (Å²) in [6.45, 7) is 2.02. The van der Waals surface area contributed by atoms with Gasteiger partial charge in [0.15, 0.2) is 5.16 Å². The van der Waals surface area contributed by atoms with Crippen LogP contribution >= 0.6 is 23.1 Å². The number of fused-ring (bicyclic) bond motifs is 3. The van der Waals surface area contributed by atoms with Gasteiger partial charge in [-0.1, -0.05) is 59.5 Å². The lowest BCUT2D eigenvalue weighted by atomic mass is 10.1. The van der Waals surface area contributed by atoms with Crippen LogP contribution in [0.2, 0.25) is 0 Å². The van der Waals surface area contributed by atoms with E-state index in [9.17, 15) is 5.11 Å². The highest BCUT2D eigenvalue weighted by Crippen LogP contribution is 2.31. The molecular weight excluding hydrogens is 326 g/mol. The Morgan fingerprint density at radius 3 is 2.78 bits per heavy atom. The van der Waals surface area contributed by atoms with E-state index in [0.29, 0.717) is 5.75 Å². The number of rotatable bonds is 4. The average molecular weight is 341 g/mol. The summed E-state index contributed by atoms with van der Waals surface area (Å²) < 4.78 is 3.26. The van der Waals surface area contributed by atoms with Crippen molar-refractivity contribution in [2.45, 2.75) is 18.2 Å². The van der Waals surface area contributed by atoms with Crippen LogP contribution in [-0.2, 0) is 0 Å². The summed E-state index contributed by atoms with van der Waals surface area (Å²) in [4.78, 5) is 0.888. The van der Waals surface area contributed by atoms with Crippen LogP contribution in [-0.4, -0.2) is 25.5 Å². The molecule has 0 saturated carbocycles. The molecule has 2 heterocycles. The molecule has 116 valence electrons. The van der Waals surface area contributed by atoms with Crippen LogP contribution in [0.5, 0.6) is 0 Å². The summed E-state index contributed by atoms with van der Waals surface area (Å²) in [6, 6.07) is 16.1. The molecule has 6 heteroatoms. The second-order valence-electron chi connectivity index (χ2n) is 5.35. The summed E-state index contributed by atoms with van der Waals surface area (Å²) in [5.41, 5.74) is 3.19. The van der Waals surface area contributed by atoms with Crippen LogP contribution < -0.4 is 0 Å². The largest absolute Gasteiger partial charge is 0.388 e. The fourth-order valence-electron chi connectivity index (χ4n) is 2.65. The van der Waals surface area contributed by atoms with E-state index in [0.717, 1.165) is 26.8 Å². The van der Waals surface area contributed by atoms with Gasteiger partial charge < -0.3 is 5.11 Å². The zero-order valence-electron chi connectivity index (χ0n) is 12.5. The summed E-state index contributed by atoms with van der Waals surface area (Å²) in [7, 11) is 0. The second kappa shape index (κ2) is 5.96. The molecule has 23 heavy (non-hydrogen) atoms. The summed E-state index contributed by atoms with van der Waals surface area (Å²) in [5, 5.41) is 19.8. The van der Waals surface area contributed by atoms with Crippen LogP contribution in [0.15, 0.2) is 53.7 Å². The van der Waals surface area contributed by atoms with Gasteiger partial charge in [0.05, 0.1) is 16.3 Å². The predicted molar refractivity (Wildman–Crippen MR) is 95.2 cm³/mol. The molecule has 2 aromatic heterocycles. The van der Waals surface area contributed by atoms with Gasteiger partial charge in [-0.05, 0) is 30.2 Å². The Hall–Kier alpha value is -1.89. The molecule has 4 nitrogen and oxygen atoms in total. The Bertz CT molecular complexity index is 976. The van der Waals surface area contributed by atoms with Gasteiger partial charge in [0, 0.05) is 5.75 Å². The number of thioether (sulfide) groups is 1.